The van der Waals surface area contributed by atoms with Crippen LogP contribution in [-0.4, -0.2) is 4.92 Å². The minimum atomic E-state index is -0.692. The molecule has 0 aliphatic rings. The highest BCUT2D eigenvalue weighted by Gasteiger charge is 2.12. The molecule has 0 atom stereocenters. The summed E-state index contributed by atoms with van der Waals surface area (Å²) in [6.07, 6.45) is 0. The zero-order chi connectivity index (χ0) is 13.3. The first-order chi connectivity index (χ1) is 8.47. The standard InChI is InChI=1S/C12H6Cl2FNO2/c13-8-3-7(4-9(14)5-8)11-2-1-10(16(17)18)6-12(11)15/h1-6H. The number of halogens is 3. The lowest BCUT2D eigenvalue weighted by Crippen LogP contribution is -1.91. The van der Waals surface area contributed by atoms with E-state index in [0.717, 1.165) is 6.07 Å². The molecule has 2 rings (SSSR count). The fourth-order valence-corrected chi connectivity index (χ4v) is 2.09. The number of hydrogen-bond donors (Lipinski definition) is 0. The van der Waals surface area contributed by atoms with Crippen molar-refractivity contribution in [3.63, 3.8) is 0 Å². The monoisotopic (exact) mass is 285 g/mol. The molecule has 0 heterocycles. The third-order valence-electron chi connectivity index (χ3n) is 2.34. The van der Waals surface area contributed by atoms with Crippen molar-refractivity contribution in [2.45, 2.75) is 0 Å². The summed E-state index contributed by atoms with van der Waals surface area (Å²) in [4.78, 5) is 9.85. The number of rotatable bonds is 2. The maximum atomic E-state index is 13.8. The number of non-ortho nitro benzene ring substituents is 1. The third kappa shape index (κ3) is 2.60. The smallest absolute Gasteiger partial charge is 0.258 e. The second kappa shape index (κ2) is 4.92. The largest absolute Gasteiger partial charge is 0.272 e. The lowest BCUT2D eigenvalue weighted by atomic mass is 10.0. The minimum absolute atomic E-state index is 0.213. The molecule has 6 heteroatoms. The van der Waals surface area contributed by atoms with Gasteiger partial charge in [0.2, 0.25) is 0 Å². The van der Waals surface area contributed by atoms with Gasteiger partial charge in [-0.05, 0) is 29.8 Å². The molecule has 2 aromatic carbocycles. The summed E-state index contributed by atoms with van der Waals surface area (Å²) in [5.41, 5.74) is 0.384. The first-order valence-electron chi connectivity index (χ1n) is 4.88. The molecule has 0 radical (unpaired) electrons. The van der Waals surface area contributed by atoms with Gasteiger partial charge < -0.3 is 0 Å². The molecule has 3 nitrogen and oxygen atoms in total. The molecule has 0 aromatic heterocycles. The first-order valence-corrected chi connectivity index (χ1v) is 5.63. The lowest BCUT2D eigenvalue weighted by molar-refractivity contribution is -0.385. The van der Waals surface area contributed by atoms with E-state index in [1.54, 1.807) is 0 Å². The van der Waals surface area contributed by atoms with Gasteiger partial charge in [0.1, 0.15) is 5.82 Å². The molecule has 0 aliphatic carbocycles. The Labute approximate surface area is 112 Å². The van der Waals surface area contributed by atoms with E-state index < -0.39 is 10.7 Å². The fraction of sp³-hybridized carbons (Fsp3) is 0. The van der Waals surface area contributed by atoms with Crippen LogP contribution in [0.2, 0.25) is 10.0 Å². The quantitative estimate of drug-likeness (QED) is 0.592. The number of hydrogen-bond acceptors (Lipinski definition) is 2. The second-order valence-electron chi connectivity index (χ2n) is 3.58. The number of nitro groups is 1. The van der Waals surface area contributed by atoms with Gasteiger partial charge in [-0.25, -0.2) is 4.39 Å². The molecule has 0 saturated heterocycles. The Bertz CT molecular complexity index is 611. The van der Waals surface area contributed by atoms with E-state index in [9.17, 15) is 14.5 Å². The molecule has 92 valence electrons. The summed E-state index contributed by atoms with van der Waals surface area (Å²) >= 11 is 11.6. The summed E-state index contributed by atoms with van der Waals surface area (Å²) in [6.45, 7) is 0. The van der Waals surface area contributed by atoms with Crippen LogP contribution in [0.3, 0.4) is 0 Å². The normalized spacial score (nSPS) is 10.4. The first kappa shape index (κ1) is 12.8. The number of benzene rings is 2. The van der Waals surface area contributed by atoms with Gasteiger partial charge in [-0.2, -0.15) is 0 Å². The molecule has 0 aliphatic heterocycles. The zero-order valence-corrected chi connectivity index (χ0v) is 10.4. The Morgan fingerprint density at radius 3 is 2.17 bits per heavy atom. The molecule has 0 spiro atoms. The van der Waals surface area contributed by atoms with E-state index in [1.807, 2.05) is 0 Å². The molecule has 2 aromatic rings. The molecule has 0 fully saturated rings. The van der Waals surface area contributed by atoms with Gasteiger partial charge in [0.05, 0.1) is 11.0 Å². The lowest BCUT2D eigenvalue weighted by Gasteiger charge is -2.05. The van der Waals surface area contributed by atoms with Gasteiger partial charge in [-0.15, -0.1) is 0 Å². The number of nitro benzene ring substituents is 1. The van der Waals surface area contributed by atoms with Crippen LogP contribution in [0.1, 0.15) is 0 Å². The second-order valence-corrected chi connectivity index (χ2v) is 4.45. The predicted molar refractivity (Wildman–Crippen MR) is 68.5 cm³/mol. The summed E-state index contributed by atoms with van der Waals surface area (Å²) < 4.78 is 13.8. The summed E-state index contributed by atoms with van der Waals surface area (Å²) in [7, 11) is 0. The van der Waals surface area contributed by atoms with Crippen molar-refractivity contribution in [2.75, 3.05) is 0 Å². The zero-order valence-electron chi connectivity index (χ0n) is 8.86. The predicted octanol–water partition coefficient (Wildman–Crippen LogP) is 4.71. The Morgan fingerprint density at radius 1 is 1.06 bits per heavy atom. The Morgan fingerprint density at radius 2 is 1.67 bits per heavy atom. The molecular formula is C12H6Cl2FNO2. The van der Waals surface area contributed by atoms with Crippen LogP contribution in [0.5, 0.6) is 0 Å². The van der Waals surface area contributed by atoms with Crippen molar-refractivity contribution >= 4 is 28.9 Å². The van der Waals surface area contributed by atoms with Gasteiger partial charge in [0.15, 0.2) is 0 Å². The maximum absolute atomic E-state index is 13.8. The van der Waals surface area contributed by atoms with Crippen LogP contribution in [0, 0.1) is 15.9 Å². The van der Waals surface area contributed by atoms with Gasteiger partial charge in [0, 0.05) is 21.7 Å². The van der Waals surface area contributed by atoms with E-state index in [2.05, 4.69) is 0 Å². The SMILES string of the molecule is O=[N+]([O-])c1ccc(-c2cc(Cl)cc(Cl)c2)c(F)c1. The summed E-state index contributed by atoms with van der Waals surface area (Å²) in [6, 6.07) is 8.03. The number of nitrogens with zero attached hydrogens (tertiary/aromatic N) is 1. The maximum Gasteiger partial charge on any atom is 0.272 e. The summed E-state index contributed by atoms with van der Waals surface area (Å²) in [5, 5.41) is 11.2. The van der Waals surface area contributed by atoms with E-state index in [4.69, 9.17) is 23.2 Å². The molecule has 0 bridgehead atoms. The highest BCUT2D eigenvalue weighted by Crippen LogP contribution is 2.30. The van der Waals surface area contributed by atoms with Crippen molar-refractivity contribution in [3.8, 4) is 11.1 Å². The fourth-order valence-electron chi connectivity index (χ4n) is 1.56. The van der Waals surface area contributed by atoms with Crippen molar-refractivity contribution < 1.29 is 9.31 Å². The minimum Gasteiger partial charge on any atom is -0.258 e. The highest BCUT2D eigenvalue weighted by atomic mass is 35.5. The average molecular weight is 286 g/mol. The topological polar surface area (TPSA) is 43.1 Å². The van der Waals surface area contributed by atoms with Crippen molar-refractivity contribution in [1.82, 2.24) is 0 Å². The van der Waals surface area contributed by atoms with Crippen molar-refractivity contribution in [2.24, 2.45) is 0 Å². The van der Waals surface area contributed by atoms with Crippen LogP contribution in [-0.2, 0) is 0 Å². The molecule has 0 unspecified atom stereocenters. The molecule has 0 N–H and O–H groups in total. The molecule has 18 heavy (non-hydrogen) atoms. The van der Waals surface area contributed by atoms with Gasteiger partial charge in [0.25, 0.3) is 5.69 Å². The van der Waals surface area contributed by atoms with Crippen LogP contribution in [0.25, 0.3) is 11.1 Å². The van der Waals surface area contributed by atoms with Gasteiger partial charge in [-0.1, -0.05) is 23.2 Å². The van der Waals surface area contributed by atoms with E-state index >= 15 is 0 Å². The van der Waals surface area contributed by atoms with Gasteiger partial charge in [-0.3, -0.25) is 10.1 Å². The Kier molecular flexibility index (Phi) is 3.50. The average Bonchev–Trinajstić information content (AvgIpc) is 2.27. The van der Waals surface area contributed by atoms with E-state index in [1.165, 1.54) is 30.3 Å². The highest BCUT2D eigenvalue weighted by molar-refractivity contribution is 6.35. The van der Waals surface area contributed by atoms with E-state index in [0.29, 0.717) is 15.6 Å². The third-order valence-corrected chi connectivity index (χ3v) is 2.77. The van der Waals surface area contributed by atoms with Gasteiger partial charge >= 0.3 is 0 Å². The van der Waals surface area contributed by atoms with E-state index in [-0.39, 0.29) is 11.3 Å². The van der Waals surface area contributed by atoms with Crippen molar-refractivity contribution in [3.05, 3.63) is 62.4 Å². The Balaban J connectivity index is 2.54. The molecular weight excluding hydrogens is 280 g/mol. The molecule has 0 amide bonds. The Hall–Kier alpha value is -1.65. The van der Waals surface area contributed by atoms with Crippen molar-refractivity contribution in [1.29, 1.82) is 0 Å². The molecule has 0 saturated carbocycles. The van der Waals surface area contributed by atoms with Crippen LogP contribution in [0.15, 0.2) is 36.4 Å². The van der Waals surface area contributed by atoms with Crippen LogP contribution < -0.4 is 0 Å². The van der Waals surface area contributed by atoms with Crippen LogP contribution in [0.4, 0.5) is 10.1 Å². The summed E-state index contributed by atoms with van der Waals surface area (Å²) in [5.74, 6) is -0.692. The van der Waals surface area contributed by atoms with Crippen LogP contribution >= 0.6 is 23.2 Å².